The van der Waals surface area contributed by atoms with Gasteiger partial charge in [-0.25, -0.2) is 0 Å². The number of aliphatic hydroxyl groups excluding tert-OH is 1. The highest BCUT2D eigenvalue weighted by molar-refractivity contribution is 6.49. The lowest BCUT2D eigenvalue weighted by Gasteiger charge is -2.52. The van der Waals surface area contributed by atoms with Crippen molar-refractivity contribution in [2.45, 2.75) is 36.1 Å². The van der Waals surface area contributed by atoms with Crippen LogP contribution in [0.15, 0.2) is 12.2 Å². The van der Waals surface area contributed by atoms with Crippen LogP contribution < -0.4 is 0 Å². The Morgan fingerprint density at radius 2 is 1.77 bits per heavy atom. The Morgan fingerprint density at radius 3 is 2.46 bits per heavy atom. The standard InChI is InChI=1S/C10H14Cl2O/c11-10(12)8-6-4-2-1-3-5-7(8)9(10)13/h1-2,7-9,13H,3-6H2/b2-1-. The van der Waals surface area contributed by atoms with E-state index in [1.165, 1.54) is 0 Å². The first kappa shape index (κ1) is 9.82. The SMILES string of the molecule is OC1C2CC/C=C\CCC2C1(Cl)Cl. The number of fused-ring (bicyclic) bond motifs is 1. The second-order valence-corrected chi connectivity index (χ2v) is 5.46. The molecule has 1 nitrogen and oxygen atoms in total. The van der Waals surface area contributed by atoms with E-state index < -0.39 is 10.4 Å². The Bertz CT molecular complexity index is 225. The first-order valence-electron chi connectivity index (χ1n) is 4.85. The van der Waals surface area contributed by atoms with Gasteiger partial charge in [-0.3, -0.25) is 0 Å². The quantitative estimate of drug-likeness (QED) is 0.492. The average molecular weight is 221 g/mol. The van der Waals surface area contributed by atoms with E-state index in [0.717, 1.165) is 25.7 Å². The molecule has 0 aromatic rings. The molecule has 0 aliphatic heterocycles. The van der Waals surface area contributed by atoms with Gasteiger partial charge in [0, 0.05) is 5.92 Å². The van der Waals surface area contributed by atoms with Crippen molar-refractivity contribution < 1.29 is 5.11 Å². The first-order chi connectivity index (χ1) is 6.14. The fourth-order valence-electron chi connectivity index (χ4n) is 2.46. The van der Waals surface area contributed by atoms with Crippen LogP contribution in [-0.2, 0) is 0 Å². The van der Waals surface area contributed by atoms with Crippen LogP contribution in [0.2, 0.25) is 0 Å². The van der Waals surface area contributed by atoms with Crippen molar-refractivity contribution in [1.29, 1.82) is 0 Å². The summed E-state index contributed by atoms with van der Waals surface area (Å²) >= 11 is 12.1. The third-order valence-electron chi connectivity index (χ3n) is 3.29. The van der Waals surface area contributed by atoms with Crippen molar-refractivity contribution >= 4 is 23.2 Å². The molecule has 0 aromatic heterocycles. The Kier molecular flexibility index (Phi) is 2.61. The lowest BCUT2D eigenvalue weighted by Crippen LogP contribution is -2.59. The molecular weight excluding hydrogens is 207 g/mol. The maximum Gasteiger partial charge on any atom is 0.147 e. The molecule has 1 fully saturated rings. The van der Waals surface area contributed by atoms with Gasteiger partial charge < -0.3 is 5.11 Å². The molecular formula is C10H14Cl2O. The number of halogens is 2. The van der Waals surface area contributed by atoms with Crippen molar-refractivity contribution in [1.82, 2.24) is 0 Å². The van der Waals surface area contributed by atoms with E-state index in [0.29, 0.717) is 5.92 Å². The fourth-order valence-corrected chi connectivity index (χ4v) is 3.32. The second kappa shape index (κ2) is 3.45. The van der Waals surface area contributed by atoms with Gasteiger partial charge in [0.25, 0.3) is 0 Å². The monoisotopic (exact) mass is 220 g/mol. The largest absolute Gasteiger partial charge is 0.390 e. The van der Waals surface area contributed by atoms with Crippen molar-refractivity contribution in [3.8, 4) is 0 Å². The second-order valence-electron chi connectivity index (χ2n) is 4.02. The zero-order valence-corrected chi connectivity index (χ0v) is 8.93. The predicted octanol–water partition coefficient (Wildman–Crippen LogP) is 2.90. The van der Waals surface area contributed by atoms with Gasteiger partial charge >= 0.3 is 0 Å². The van der Waals surface area contributed by atoms with Gasteiger partial charge in [0.15, 0.2) is 0 Å². The van der Waals surface area contributed by atoms with Crippen LogP contribution in [0.1, 0.15) is 25.7 Å². The van der Waals surface area contributed by atoms with Gasteiger partial charge in [-0.1, -0.05) is 35.4 Å². The van der Waals surface area contributed by atoms with E-state index in [-0.39, 0.29) is 5.92 Å². The minimum Gasteiger partial charge on any atom is -0.390 e. The number of allylic oxidation sites excluding steroid dienone is 2. The molecule has 0 heterocycles. The lowest BCUT2D eigenvalue weighted by molar-refractivity contribution is -0.0532. The lowest BCUT2D eigenvalue weighted by atomic mass is 9.65. The van der Waals surface area contributed by atoms with E-state index in [9.17, 15) is 5.11 Å². The highest BCUT2D eigenvalue weighted by Gasteiger charge is 2.58. The Labute approximate surface area is 88.7 Å². The summed E-state index contributed by atoms with van der Waals surface area (Å²) in [5.41, 5.74) is 0. The summed E-state index contributed by atoms with van der Waals surface area (Å²) < 4.78 is -0.879. The van der Waals surface area contributed by atoms with Crippen molar-refractivity contribution in [2.75, 3.05) is 0 Å². The normalized spacial score (nSPS) is 45.3. The summed E-state index contributed by atoms with van der Waals surface area (Å²) in [5.74, 6) is 0.607. The molecule has 2 aliphatic rings. The smallest absolute Gasteiger partial charge is 0.147 e. The number of rotatable bonds is 0. The molecule has 13 heavy (non-hydrogen) atoms. The van der Waals surface area contributed by atoms with Crippen LogP contribution in [0.4, 0.5) is 0 Å². The molecule has 0 radical (unpaired) electrons. The van der Waals surface area contributed by atoms with E-state index >= 15 is 0 Å². The van der Waals surface area contributed by atoms with Gasteiger partial charge in [-0.2, -0.15) is 0 Å². The molecule has 2 aliphatic carbocycles. The van der Waals surface area contributed by atoms with Crippen LogP contribution in [0, 0.1) is 11.8 Å². The first-order valence-corrected chi connectivity index (χ1v) is 5.60. The molecule has 1 saturated carbocycles. The minimum absolute atomic E-state index is 0.288. The molecule has 0 bridgehead atoms. The van der Waals surface area contributed by atoms with E-state index in [4.69, 9.17) is 23.2 Å². The molecule has 0 aromatic carbocycles. The minimum atomic E-state index is -0.879. The van der Waals surface area contributed by atoms with Crippen molar-refractivity contribution in [2.24, 2.45) is 11.8 Å². The van der Waals surface area contributed by atoms with Crippen LogP contribution in [0.25, 0.3) is 0 Å². The summed E-state index contributed by atoms with van der Waals surface area (Å²) in [6.45, 7) is 0. The van der Waals surface area contributed by atoms with E-state index in [1.807, 2.05) is 0 Å². The highest BCUT2D eigenvalue weighted by atomic mass is 35.5. The van der Waals surface area contributed by atoms with Gasteiger partial charge in [-0.05, 0) is 31.6 Å². The van der Waals surface area contributed by atoms with Gasteiger partial charge in [0.1, 0.15) is 4.33 Å². The molecule has 0 spiro atoms. The number of hydrogen-bond donors (Lipinski definition) is 1. The van der Waals surface area contributed by atoms with Crippen LogP contribution in [0.5, 0.6) is 0 Å². The third-order valence-corrected chi connectivity index (χ3v) is 4.30. The fraction of sp³-hybridized carbons (Fsp3) is 0.800. The van der Waals surface area contributed by atoms with Crippen LogP contribution in [0.3, 0.4) is 0 Å². The van der Waals surface area contributed by atoms with Crippen molar-refractivity contribution in [3.63, 3.8) is 0 Å². The number of hydrogen-bond acceptors (Lipinski definition) is 1. The zero-order valence-electron chi connectivity index (χ0n) is 7.42. The van der Waals surface area contributed by atoms with Gasteiger partial charge in [-0.15, -0.1) is 0 Å². The molecule has 74 valence electrons. The Morgan fingerprint density at radius 1 is 1.15 bits per heavy atom. The third kappa shape index (κ3) is 1.51. The molecule has 3 atom stereocenters. The molecule has 3 unspecified atom stereocenters. The summed E-state index contributed by atoms with van der Waals surface area (Å²) in [6.07, 6.45) is 7.95. The Balaban J connectivity index is 2.09. The summed E-state index contributed by atoms with van der Waals surface area (Å²) in [5, 5.41) is 9.70. The summed E-state index contributed by atoms with van der Waals surface area (Å²) in [4.78, 5) is 0. The molecule has 2 rings (SSSR count). The van der Waals surface area contributed by atoms with Crippen molar-refractivity contribution in [3.05, 3.63) is 12.2 Å². The summed E-state index contributed by atoms with van der Waals surface area (Å²) in [7, 11) is 0. The average Bonchev–Trinajstić information content (AvgIpc) is 2.03. The summed E-state index contributed by atoms with van der Waals surface area (Å²) in [6, 6.07) is 0. The van der Waals surface area contributed by atoms with Crippen LogP contribution >= 0.6 is 23.2 Å². The predicted molar refractivity (Wildman–Crippen MR) is 55.0 cm³/mol. The number of aliphatic hydroxyl groups is 1. The maximum atomic E-state index is 9.70. The molecule has 0 amide bonds. The topological polar surface area (TPSA) is 20.2 Å². The highest BCUT2D eigenvalue weighted by Crippen LogP contribution is 2.56. The van der Waals surface area contributed by atoms with Crippen LogP contribution in [-0.4, -0.2) is 15.5 Å². The Hall–Kier alpha value is 0.280. The molecule has 1 N–H and O–H groups in total. The van der Waals surface area contributed by atoms with Gasteiger partial charge in [0.05, 0.1) is 6.10 Å². The maximum absolute atomic E-state index is 9.70. The molecule has 3 heteroatoms. The zero-order chi connectivity index (χ0) is 9.47. The molecule has 0 saturated heterocycles. The van der Waals surface area contributed by atoms with E-state index in [1.54, 1.807) is 0 Å². The van der Waals surface area contributed by atoms with E-state index in [2.05, 4.69) is 12.2 Å². The number of alkyl halides is 2. The van der Waals surface area contributed by atoms with Gasteiger partial charge in [0.2, 0.25) is 0 Å².